The fraction of sp³-hybridized carbons (Fsp3) is 0.404. The van der Waals surface area contributed by atoms with Crippen LogP contribution in [0.1, 0.15) is 54.6 Å². The van der Waals surface area contributed by atoms with E-state index in [2.05, 4.69) is 55.2 Å². The summed E-state index contributed by atoms with van der Waals surface area (Å²) in [7, 11) is -8.56. The number of benzene rings is 3. The second-order valence-corrected chi connectivity index (χ2v) is 22.3. The molecule has 3 N–H and O–H groups in total. The van der Waals surface area contributed by atoms with Crippen molar-refractivity contribution in [1.29, 1.82) is 0 Å². The number of nitro groups is 1. The maximum Gasteiger partial charge on any atom is 0.279 e. The largest absolute Gasteiger partial charge is 0.493 e. The monoisotopic (exact) mass is 988 g/mol. The van der Waals surface area contributed by atoms with Gasteiger partial charge in [0.15, 0.2) is 0 Å². The van der Waals surface area contributed by atoms with Crippen LogP contribution in [0.4, 0.5) is 11.4 Å². The third kappa shape index (κ3) is 10.7. The Morgan fingerprint density at radius 1 is 1.00 bits per heavy atom. The minimum absolute atomic E-state index is 0.0390. The summed E-state index contributed by atoms with van der Waals surface area (Å²) in [6.07, 6.45) is 6.41. The Kier molecular flexibility index (Phi) is 13.5. The first-order chi connectivity index (χ1) is 32.5. The zero-order chi connectivity index (χ0) is 47.8. The predicted molar refractivity (Wildman–Crippen MR) is 257 cm³/mol. The van der Waals surface area contributed by atoms with Gasteiger partial charge in [0.05, 0.1) is 47.0 Å². The molecule has 2 saturated heterocycles. The number of H-pyrrole nitrogens is 1. The number of sulfonamides is 1. The van der Waals surface area contributed by atoms with Gasteiger partial charge in [-0.15, -0.1) is 0 Å². The van der Waals surface area contributed by atoms with Gasteiger partial charge >= 0.3 is 0 Å². The lowest BCUT2D eigenvalue weighted by atomic mass is 9.72. The summed E-state index contributed by atoms with van der Waals surface area (Å²) in [5, 5.41) is 13.9. The molecule has 0 bridgehead atoms. The number of morpholine rings is 1. The van der Waals surface area contributed by atoms with Crippen LogP contribution in [-0.4, -0.2) is 119 Å². The number of aromatic nitrogens is 2. The van der Waals surface area contributed by atoms with Gasteiger partial charge in [0.2, 0.25) is 0 Å². The molecule has 3 aliphatic heterocycles. The van der Waals surface area contributed by atoms with Gasteiger partial charge in [-0.1, -0.05) is 43.2 Å². The smallest absolute Gasteiger partial charge is 0.279 e. The summed E-state index contributed by atoms with van der Waals surface area (Å²) in [5.74, 6) is -1.18. The Balaban J connectivity index is 0.922. The van der Waals surface area contributed by atoms with E-state index < -0.39 is 47.6 Å². The maximum atomic E-state index is 14.1. The molecular formula is C47H53ClN8O10S2. The molecule has 0 saturated carbocycles. The molecule has 0 radical (unpaired) electrons. The van der Waals surface area contributed by atoms with E-state index in [0.717, 1.165) is 62.1 Å². The van der Waals surface area contributed by atoms with Crippen molar-refractivity contribution in [3.05, 3.63) is 117 Å². The normalized spacial score (nSPS) is 19.3. The van der Waals surface area contributed by atoms with Crippen LogP contribution in [0.2, 0.25) is 5.02 Å². The molecule has 360 valence electrons. The predicted octanol–water partition coefficient (Wildman–Crippen LogP) is 6.54. The number of piperazine rings is 1. The molecule has 0 spiro atoms. The third-order valence-electron chi connectivity index (χ3n) is 13.1. The van der Waals surface area contributed by atoms with E-state index in [0.29, 0.717) is 29.5 Å². The van der Waals surface area contributed by atoms with E-state index in [9.17, 15) is 31.7 Å². The number of rotatable bonds is 14. The summed E-state index contributed by atoms with van der Waals surface area (Å²) in [5.41, 5.74) is 5.12. The number of halogens is 1. The number of pyridine rings is 1. The number of allylic oxidation sites excluding steroid dienone is 1. The molecule has 5 aromatic rings. The van der Waals surface area contributed by atoms with E-state index in [1.54, 1.807) is 24.4 Å². The van der Waals surface area contributed by atoms with E-state index in [1.807, 2.05) is 18.2 Å². The second-order valence-electron chi connectivity index (χ2n) is 18.4. The topological polar surface area (TPSA) is 219 Å². The van der Waals surface area contributed by atoms with Gasteiger partial charge in [0.25, 0.3) is 31.8 Å². The van der Waals surface area contributed by atoms with Gasteiger partial charge < -0.3 is 24.1 Å². The number of hydrogen-bond donors (Lipinski definition) is 3. The summed E-state index contributed by atoms with van der Waals surface area (Å²) in [6.45, 7) is 9.29. The van der Waals surface area contributed by atoms with Crippen molar-refractivity contribution in [2.24, 2.45) is 11.3 Å². The van der Waals surface area contributed by atoms with Gasteiger partial charge in [0, 0.05) is 98.8 Å². The number of fused-ring (bicyclic) bond motifs is 2. The molecular weight excluding hydrogens is 936 g/mol. The van der Waals surface area contributed by atoms with Crippen LogP contribution in [0, 0.1) is 21.4 Å². The first-order valence-corrected chi connectivity index (χ1v) is 25.8. The highest BCUT2D eigenvalue weighted by atomic mass is 35.5. The van der Waals surface area contributed by atoms with Gasteiger partial charge in [-0.05, 0) is 78.6 Å². The first kappa shape index (κ1) is 47.5. The molecule has 5 heterocycles. The summed E-state index contributed by atoms with van der Waals surface area (Å²) < 4.78 is 76.9. The van der Waals surface area contributed by atoms with Gasteiger partial charge in [-0.2, -0.15) is 12.7 Å². The fourth-order valence-corrected chi connectivity index (χ4v) is 11.6. The summed E-state index contributed by atoms with van der Waals surface area (Å²) in [6, 6.07) is 18.7. The van der Waals surface area contributed by atoms with Gasteiger partial charge in [0.1, 0.15) is 22.9 Å². The van der Waals surface area contributed by atoms with Crippen LogP contribution in [0.5, 0.6) is 17.2 Å². The van der Waals surface area contributed by atoms with Crippen molar-refractivity contribution in [2.75, 3.05) is 77.1 Å². The number of nitrogens with zero attached hydrogens (tertiary/aromatic N) is 5. The van der Waals surface area contributed by atoms with E-state index in [1.165, 1.54) is 33.3 Å². The van der Waals surface area contributed by atoms with Gasteiger partial charge in [-0.3, -0.25) is 19.8 Å². The van der Waals surface area contributed by atoms with Crippen LogP contribution in [-0.2, 0) is 31.4 Å². The highest BCUT2D eigenvalue weighted by Crippen LogP contribution is 2.44. The molecule has 2 aromatic heterocycles. The summed E-state index contributed by atoms with van der Waals surface area (Å²) in [4.78, 5) is 37.3. The minimum atomic E-state index is -4.73. The SMILES string of the molecule is CC1(C)CCC(CN2CCN(c3ccc(C(=O)NS(=O)(=O)c4cc5c(c([N+](=O)[O-])c4)C[C@@H](CNS(=O)(=O)N4CCOCC4)CO5)c(Oc4cnc5[nH]ccc5c4)c3)CC2)=C(c2ccc(Cl)cc2)C1. The second kappa shape index (κ2) is 19.4. The average Bonchev–Trinajstić information content (AvgIpc) is 3.80. The number of amides is 1. The number of anilines is 1. The molecule has 1 atom stereocenters. The van der Waals surface area contributed by atoms with Crippen molar-refractivity contribution >= 4 is 65.7 Å². The molecule has 1 amide bonds. The quantitative estimate of drug-likeness (QED) is 0.0797. The van der Waals surface area contributed by atoms with Crippen molar-refractivity contribution in [3.8, 4) is 17.2 Å². The summed E-state index contributed by atoms with van der Waals surface area (Å²) >= 11 is 6.25. The average molecular weight is 990 g/mol. The van der Waals surface area contributed by atoms with Crippen LogP contribution in [0.25, 0.3) is 16.6 Å². The third-order valence-corrected chi connectivity index (χ3v) is 16.2. The highest BCUT2D eigenvalue weighted by Gasteiger charge is 2.34. The number of hydrogen-bond acceptors (Lipinski definition) is 13. The van der Waals surface area contributed by atoms with E-state index in [4.69, 9.17) is 25.8 Å². The number of carbonyl (C=O) groups is 1. The Labute approximate surface area is 400 Å². The van der Waals surface area contributed by atoms with Crippen LogP contribution in [0.3, 0.4) is 0 Å². The fourth-order valence-electron chi connectivity index (χ4n) is 9.26. The lowest BCUT2D eigenvalue weighted by Gasteiger charge is -2.39. The Morgan fingerprint density at radius 3 is 2.51 bits per heavy atom. The Bertz CT molecular complexity index is 2990. The first-order valence-electron chi connectivity index (χ1n) is 22.5. The lowest BCUT2D eigenvalue weighted by molar-refractivity contribution is -0.386. The number of aromatic amines is 1. The minimum Gasteiger partial charge on any atom is -0.493 e. The molecule has 9 rings (SSSR count). The Hall–Kier alpha value is -5.61. The number of ether oxygens (including phenoxy) is 3. The van der Waals surface area contributed by atoms with Crippen LogP contribution in [0.15, 0.2) is 89.6 Å². The van der Waals surface area contributed by atoms with E-state index >= 15 is 0 Å². The molecule has 18 nitrogen and oxygen atoms in total. The zero-order valence-corrected chi connectivity index (χ0v) is 40.1. The molecule has 2 fully saturated rings. The van der Waals surface area contributed by atoms with Crippen molar-refractivity contribution < 1.29 is 40.8 Å². The van der Waals surface area contributed by atoms with Crippen LogP contribution < -0.4 is 23.8 Å². The van der Waals surface area contributed by atoms with Crippen molar-refractivity contribution in [3.63, 3.8) is 0 Å². The molecule has 4 aliphatic rings. The van der Waals surface area contributed by atoms with E-state index in [-0.39, 0.29) is 73.9 Å². The molecule has 3 aromatic carbocycles. The van der Waals surface area contributed by atoms with Crippen LogP contribution >= 0.6 is 11.6 Å². The molecule has 0 unspecified atom stereocenters. The van der Waals surface area contributed by atoms with Crippen molar-refractivity contribution in [1.82, 2.24) is 28.6 Å². The molecule has 21 heteroatoms. The molecule has 1 aliphatic carbocycles. The van der Waals surface area contributed by atoms with Crippen molar-refractivity contribution in [2.45, 2.75) is 44.4 Å². The number of nitrogens with one attached hydrogen (secondary N) is 3. The maximum absolute atomic E-state index is 14.1. The Morgan fingerprint density at radius 2 is 1.76 bits per heavy atom. The molecule has 68 heavy (non-hydrogen) atoms. The van der Waals surface area contributed by atoms with Gasteiger partial charge in [-0.25, -0.2) is 22.8 Å². The number of carbonyl (C=O) groups excluding carboxylic acids is 1. The zero-order valence-electron chi connectivity index (χ0n) is 37.7. The lowest BCUT2D eigenvalue weighted by Crippen LogP contribution is -2.48. The standard InChI is InChI=1S/C47H53ClN8O10S2/c1-47(2)11-9-34(41(26-47)32-3-5-35(48)6-4-32)29-53-13-15-54(16-14-53)36-7-8-39(44(23-36)66-37-22-33-10-12-49-45(33)50-28-37)46(57)52-67(60,61)38-24-42(56(58)59)40-21-31(30-65-43(40)25-38)27-51-68(62,63)55-17-19-64-20-18-55/h3-8,10,12,22-25,28,31,51H,9,11,13-21,26-27,29-30H2,1-2H3,(H,49,50)(H,52,57)/t31-/m0/s1. The highest BCUT2D eigenvalue weighted by molar-refractivity contribution is 7.90. The number of nitro benzene ring substituents is 1.